The summed E-state index contributed by atoms with van der Waals surface area (Å²) in [5, 5.41) is 0. The van der Waals surface area contributed by atoms with Gasteiger partial charge in [0.25, 0.3) is 0 Å². The van der Waals surface area contributed by atoms with Gasteiger partial charge in [-0.05, 0) is 51.0 Å². The molecule has 26 heavy (non-hydrogen) atoms. The van der Waals surface area contributed by atoms with Gasteiger partial charge in [-0.2, -0.15) is 4.57 Å². The molecule has 0 fully saturated rings. The number of hydrogen-bond donors (Lipinski definition) is 1. The third-order valence-electron chi connectivity index (χ3n) is 4.43. The zero-order valence-corrected chi connectivity index (χ0v) is 15.5. The van der Waals surface area contributed by atoms with Crippen molar-refractivity contribution < 1.29 is 18.5 Å². The second-order valence-corrected chi connectivity index (χ2v) is 6.47. The number of carbonyl (C=O) groups excluding carboxylic acids is 1. The molecule has 0 aliphatic heterocycles. The molecule has 6 heteroatoms. The van der Waals surface area contributed by atoms with Gasteiger partial charge in [-0.1, -0.05) is 17.7 Å². The molecule has 0 amide bonds. The van der Waals surface area contributed by atoms with E-state index in [1.54, 1.807) is 17.6 Å². The summed E-state index contributed by atoms with van der Waals surface area (Å²) in [6.45, 7) is 8.02. The molecule has 0 radical (unpaired) electrons. The number of hydrogen-bond acceptors (Lipinski definition) is 3. The highest BCUT2D eigenvalue weighted by Crippen LogP contribution is 2.28. The first-order valence-electron chi connectivity index (χ1n) is 8.56. The number of halogens is 1. The quantitative estimate of drug-likeness (QED) is 0.577. The van der Waals surface area contributed by atoms with E-state index in [2.05, 4.69) is 12.1 Å². The summed E-state index contributed by atoms with van der Waals surface area (Å²) in [4.78, 5) is 12.0. The number of nitrogens with two attached hydrogens (primary N) is 1. The summed E-state index contributed by atoms with van der Waals surface area (Å²) < 4.78 is 22.4. The van der Waals surface area contributed by atoms with Gasteiger partial charge in [0.05, 0.1) is 6.61 Å². The van der Waals surface area contributed by atoms with Crippen LogP contribution in [0.25, 0.3) is 16.7 Å². The molecule has 0 aliphatic rings. The van der Waals surface area contributed by atoms with Crippen LogP contribution in [0.15, 0.2) is 30.3 Å². The SMILES string of the molecule is CCOC(=O)C[n+]1c(N)n(-c2c(C)cc(C)cc2C)c2ccc(F)cc21. The minimum absolute atomic E-state index is 0.0728. The van der Waals surface area contributed by atoms with Crippen LogP contribution in [-0.4, -0.2) is 17.1 Å². The van der Waals surface area contributed by atoms with Gasteiger partial charge >= 0.3 is 11.9 Å². The monoisotopic (exact) mass is 356 g/mol. The Kier molecular flexibility index (Phi) is 4.68. The molecular formula is C20H23FN3O2+. The summed E-state index contributed by atoms with van der Waals surface area (Å²) in [7, 11) is 0. The van der Waals surface area contributed by atoms with Gasteiger partial charge in [0.15, 0.2) is 6.54 Å². The smallest absolute Gasteiger partial charge is 0.361 e. The normalized spacial score (nSPS) is 11.1. The highest BCUT2D eigenvalue weighted by molar-refractivity contribution is 5.79. The first-order chi connectivity index (χ1) is 12.3. The number of rotatable bonds is 4. The summed E-state index contributed by atoms with van der Waals surface area (Å²) in [5.41, 5.74) is 11.9. The Morgan fingerprint density at radius 1 is 1.19 bits per heavy atom. The van der Waals surface area contributed by atoms with Gasteiger partial charge in [0.2, 0.25) is 0 Å². The van der Waals surface area contributed by atoms with Crippen LogP contribution in [0.3, 0.4) is 0 Å². The number of benzene rings is 2. The van der Waals surface area contributed by atoms with Crippen LogP contribution in [0, 0.1) is 26.6 Å². The van der Waals surface area contributed by atoms with Gasteiger partial charge in [-0.3, -0.25) is 5.73 Å². The summed E-state index contributed by atoms with van der Waals surface area (Å²) in [6, 6.07) is 8.62. The fraction of sp³-hybridized carbons (Fsp3) is 0.300. The number of aryl methyl sites for hydroxylation is 3. The van der Waals surface area contributed by atoms with Gasteiger partial charge < -0.3 is 4.74 Å². The first-order valence-corrected chi connectivity index (χ1v) is 8.56. The van der Waals surface area contributed by atoms with E-state index in [1.165, 1.54) is 12.1 Å². The molecule has 0 aliphatic carbocycles. The standard InChI is InChI=1S/C20H22FN3O2/c1-5-26-18(25)11-23-17-10-15(21)6-7-16(17)24(20(23)22)19-13(3)8-12(2)9-14(19)4/h6-10,22H,5,11H2,1-4H3/p+1. The lowest BCUT2D eigenvalue weighted by Gasteiger charge is -2.10. The topological polar surface area (TPSA) is 61.1 Å². The maximum atomic E-state index is 13.9. The number of carbonyl (C=O) groups is 1. The van der Waals surface area contributed by atoms with Crippen molar-refractivity contribution in [1.82, 2.24) is 4.57 Å². The van der Waals surface area contributed by atoms with Crippen molar-refractivity contribution in [3.8, 4) is 5.69 Å². The van der Waals surface area contributed by atoms with Crippen LogP contribution in [0.4, 0.5) is 10.3 Å². The number of fused-ring (bicyclic) bond motifs is 1. The van der Waals surface area contributed by atoms with Crippen LogP contribution in [0.2, 0.25) is 0 Å². The molecule has 0 unspecified atom stereocenters. The molecule has 1 aromatic heterocycles. The van der Waals surface area contributed by atoms with Crippen molar-refractivity contribution in [2.45, 2.75) is 34.2 Å². The van der Waals surface area contributed by atoms with Gasteiger partial charge in [0, 0.05) is 6.07 Å². The maximum Gasteiger partial charge on any atom is 0.361 e. The highest BCUT2D eigenvalue weighted by Gasteiger charge is 2.27. The fourth-order valence-corrected chi connectivity index (χ4v) is 3.53. The number of aromatic nitrogens is 2. The van der Waals surface area contributed by atoms with Crippen molar-refractivity contribution in [2.24, 2.45) is 0 Å². The van der Waals surface area contributed by atoms with Crippen molar-refractivity contribution in [3.05, 3.63) is 52.8 Å². The number of imidazole rings is 1. The number of ether oxygens (including phenoxy) is 1. The zero-order chi connectivity index (χ0) is 19.0. The highest BCUT2D eigenvalue weighted by atomic mass is 19.1. The third-order valence-corrected chi connectivity index (χ3v) is 4.43. The first kappa shape index (κ1) is 17.9. The zero-order valence-electron chi connectivity index (χ0n) is 15.5. The Bertz CT molecular complexity index is 985. The lowest BCUT2D eigenvalue weighted by Crippen LogP contribution is -2.41. The molecule has 0 saturated carbocycles. The van der Waals surface area contributed by atoms with E-state index in [9.17, 15) is 9.18 Å². The fourth-order valence-electron chi connectivity index (χ4n) is 3.53. The predicted molar refractivity (Wildman–Crippen MR) is 98.7 cm³/mol. The minimum Gasteiger partial charge on any atom is -0.464 e. The molecule has 5 nitrogen and oxygen atoms in total. The lowest BCUT2D eigenvalue weighted by molar-refractivity contribution is -0.645. The average molecular weight is 356 g/mol. The molecular weight excluding hydrogens is 333 g/mol. The van der Waals surface area contributed by atoms with E-state index in [0.717, 1.165) is 27.9 Å². The van der Waals surface area contributed by atoms with Gasteiger partial charge in [0.1, 0.15) is 22.5 Å². The largest absolute Gasteiger partial charge is 0.464 e. The molecule has 3 aromatic rings. The van der Waals surface area contributed by atoms with Crippen molar-refractivity contribution >= 4 is 23.0 Å². The van der Waals surface area contributed by atoms with E-state index in [-0.39, 0.29) is 19.0 Å². The maximum absolute atomic E-state index is 13.9. The molecule has 1 heterocycles. The second-order valence-electron chi connectivity index (χ2n) is 6.47. The summed E-state index contributed by atoms with van der Waals surface area (Å²) in [5.74, 6) is -0.442. The predicted octanol–water partition coefficient (Wildman–Crippen LogP) is 3.13. The van der Waals surface area contributed by atoms with Crippen LogP contribution < -0.4 is 10.3 Å². The molecule has 2 aromatic carbocycles. The molecule has 0 bridgehead atoms. The van der Waals surface area contributed by atoms with Gasteiger partial charge in [-0.25, -0.2) is 13.8 Å². The van der Waals surface area contributed by atoms with E-state index >= 15 is 0 Å². The van der Waals surface area contributed by atoms with E-state index in [1.807, 2.05) is 25.3 Å². The third kappa shape index (κ3) is 3.03. The van der Waals surface area contributed by atoms with E-state index in [4.69, 9.17) is 10.5 Å². The van der Waals surface area contributed by atoms with Crippen molar-refractivity contribution in [1.29, 1.82) is 0 Å². The Balaban J connectivity index is 2.31. The van der Waals surface area contributed by atoms with Crippen LogP contribution in [-0.2, 0) is 16.1 Å². The number of nitrogens with zero attached hydrogens (tertiary/aromatic N) is 2. The lowest BCUT2D eigenvalue weighted by atomic mass is 10.0. The van der Waals surface area contributed by atoms with E-state index < -0.39 is 5.97 Å². The number of esters is 1. The van der Waals surface area contributed by atoms with Crippen molar-refractivity contribution in [3.63, 3.8) is 0 Å². The molecule has 2 N–H and O–H groups in total. The Morgan fingerprint density at radius 2 is 1.85 bits per heavy atom. The molecule has 0 saturated heterocycles. The summed E-state index contributed by atoms with van der Waals surface area (Å²) in [6.07, 6.45) is 0. The molecule has 3 rings (SSSR count). The van der Waals surface area contributed by atoms with Crippen molar-refractivity contribution in [2.75, 3.05) is 12.3 Å². The summed E-state index contributed by atoms with van der Waals surface area (Å²) >= 11 is 0. The Labute approximate surface area is 151 Å². The van der Waals surface area contributed by atoms with Crippen LogP contribution >= 0.6 is 0 Å². The average Bonchev–Trinajstić information content (AvgIpc) is 2.80. The molecule has 0 atom stereocenters. The van der Waals surface area contributed by atoms with Crippen LogP contribution in [0.5, 0.6) is 0 Å². The molecule has 136 valence electrons. The Hall–Kier alpha value is -2.89. The minimum atomic E-state index is -0.412. The van der Waals surface area contributed by atoms with E-state index in [0.29, 0.717) is 11.5 Å². The second kappa shape index (κ2) is 6.78. The Morgan fingerprint density at radius 3 is 2.46 bits per heavy atom. The number of anilines is 1. The molecule has 0 spiro atoms. The van der Waals surface area contributed by atoms with Gasteiger partial charge in [-0.15, -0.1) is 0 Å². The van der Waals surface area contributed by atoms with Crippen LogP contribution in [0.1, 0.15) is 23.6 Å². The number of nitrogen functional groups attached to an aromatic ring is 1.